The molecule has 0 radical (unpaired) electrons. The minimum atomic E-state index is -0.0289. The number of aromatic nitrogens is 2. The van der Waals surface area contributed by atoms with Crippen LogP contribution in [0.25, 0.3) is 16.6 Å². The van der Waals surface area contributed by atoms with Gasteiger partial charge in [-0.15, -0.1) is 0 Å². The number of hydrogen-bond donors (Lipinski definition) is 0. The SMILES string of the molecule is CCCSc1nc2ccc(Br)cc2c(=O)n1-c1ccc(C)cc1. The fraction of sp³-hybridized carbons (Fsp3) is 0.222. The van der Waals surface area contributed by atoms with Gasteiger partial charge in [-0.25, -0.2) is 4.98 Å². The van der Waals surface area contributed by atoms with E-state index >= 15 is 0 Å². The van der Waals surface area contributed by atoms with Crippen molar-refractivity contribution >= 4 is 38.6 Å². The first-order chi connectivity index (χ1) is 11.1. The zero-order chi connectivity index (χ0) is 16.4. The van der Waals surface area contributed by atoms with Gasteiger partial charge in [0, 0.05) is 10.2 Å². The predicted octanol–water partition coefficient (Wildman–Crippen LogP) is 4.96. The molecule has 118 valence electrons. The summed E-state index contributed by atoms with van der Waals surface area (Å²) >= 11 is 5.06. The lowest BCUT2D eigenvalue weighted by Gasteiger charge is -2.13. The number of thioether (sulfide) groups is 1. The number of halogens is 1. The highest BCUT2D eigenvalue weighted by Gasteiger charge is 2.13. The monoisotopic (exact) mass is 388 g/mol. The van der Waals surface area contributed by atoms with Gasteiger partial charge < -0.3 is 0 Å². The number of hydrogen-bond acceptors (Lipinski definition) is 3. The molecule has 1 aromatic heterocycles. The highest BCUT2D eigenvalue weighted by atomic mass is 79.9. The molecule has 3 rings (SSSR count). The second-order valence-electron chi connectivity index (χ2n) is 5.38. The topological polar surface area (TPSA) is 34.9 Å². The third-order valence-corrected chi connectivity index (χ3v) is 5.16. The maximum absolute atomic E-state index is 13.0. The first-order valence-corrected chi connectivity index (χ1v) is 9.30. The van der Waals surface area contributed by atoms with Gasteiger partial charge >= 0.3 is 0 Å². The zero-order valence-electron chi connectivity index (χ0n) is 13.0. The lowest BCUT2D eigenvalue weighted by molar-refractivity contribution is 0.818. The van der Waals surface area contributed by atoms with Crippen LogP contribution in [0.1, 0.15) is 18.9 Å². The minimum absolute atomic E-state index is 0.0289. The molecule has 0 bridgehead atoms. The predicted molar refractivity (Wildman–Crippen MR) is 101 cm³/mol. The molecule has 0 saturated carbocycles. The van der Waals surface area contributed by atoms with Crippen LogP contribution in [0.5, 0.6) is 0 Å². The Labute approximate surface area is 147 Å². The molecule has 0 unspecified atom stereocenters. The van der Waals surface area contributed by atoms with Crippen molar-refractivity contribution in [3.8, 4) is 5.69 Å². The maximum Gasteiger partial charge on any atom is 0.266 e. The molecule has 0 spiro atoms. The first-order valence-electron chi connectivity index (χ1n) is 7.52. The van der Waals surface area contributed by atoms with Crippen LogP contribution in [0.2, 0.25) is 0 Å². The quantitative estimate of drug-likeness (QED) is 0.467. The summed E-state index contributed by atoms with van der Waals surface area (Å²) in [5.74, 6) is 0.931. The molecule has 0 atom stereocenters. The molecule has 0 aliphatic carbocycles. The van der Waals surface area contributed by atoms with Crippen molar-refractivity contribution < 1.29 is 0 Å². The van der Waals surface area contributed by atoms with Crippen LogP contribution in [0.4, 0.5) is 0 Å². The van der Waals surface area contributed by atoms with Gasteiger partial charge in [0.2, 0.25) is 0 Å². The molecular formula is C18H17BrN2OS. The normalized spacial score (nSPS) is 11.1. The van der Waals surface area contributed by atoms with Gasteiger partial charge in [0.1, 0.15) is 0 Å². The molecular weight excluding hydrogens is 372 g/mol. The smallest absolute Gasteiger partial charge is 0.266 e. The summed E-state index contributed by atoms with van der Waals surface area (Å²) in [5, 5.41) is 1.37. The Hall–Kier alpha value is -1.59. The van der Waals surface area contributed by atoms with E-state index in [1.165, 1.54) is 5.56 Å². The van der Waals surface area contributed by atoms with E-state index in [9.17, 15) is 4.79 Å². The van der Waals surface area contributed by atoms with Crippen molar-refractivity contribution in [1.82, 2.24) is 9.55 Å². The van der Waals surface area contributed by atoms with Crippen molar-refractivity contribution in [3.05, 3.63) is 62.9 Å². The van der Waals surface area contributed by atoms with E-state index in [0.29, 0.717) is 5.39 Å². The number of fused-ring (bicyclic) bond motifs is 1. The van der Waals surface area contributed by atoms with Gasteiger partial charge in [-0.1, -0.05) is 52.3 Å². The minimum Gasteiger partial charge on any atom is -0.268 e. The molecule has 0 fully saturated rings. The second kappa shape index (κ2) is 6.89. The van der Waals surface area contributed by atoms with Crippen LogP contribution in [0.15, 0.2) is 56.9 Å². The van der Waals surface area contributed by atoms with Crippen LogP contribution >= 0.6 is 27.7 Å². The Bertz CT molecular complexity index is 903. The molecule has 2 aromatic carbocycles. The van der Waals surface area contributed by atoms with Crippen LogP contribution in [0, 0.1) is 6.92 Å². The van der Waals surface area contributed by atoms with Gasteiger partial charge in [-0.3, -0.25) is 9.36 Å². The van der Waals surface area contributed by atoms with Crippen molar-refractivity contribution in [2.75, 3.05) is 5.75 Å². The van der Waals surface area contributed by atoms with Gasteiger partial charge in [-0.05, 0) is 43.7 Å². The molecule has 0 aliphatic rings. The Morgan fingerprint density at radius 3 is 2.61 bits per heavy atom. The van der Waals surface area contributed by atoms with Crippen molar-refractivity contribution in [1.29, 1.82) is 0 Å². The third-order valence-electron chi connectivity index (χ3n) is 3.53. The molecule has 0 saturated heterocycles. The average molecular weight is 389 g/mol. The standard InChI is InChI=1S/C18H17BrN2OS/c1-3-10-23-18-20-16-9-6-13(19)11-15(16)17(22)21(18)14-7-4-12(2)5-8-14/h4-9,11H,3,10H2,1-2H3. The number of nitrogens with zero attached hydrogens (tertiary/aromatic N) is 2. The summed E-state index contributed by atoms with van der Waals surface area (Å²) in [7, 11) is 0. The van der Waals surface area contributed by atoms with Gasteiger partial charge in [0.05, 0.1) is 16.6 Å². The lowest BCUT2D eigenvalue weighted by atomic mass is 10.2. The molecule has 1 heterocycles. The van der Waals surface area contributed by atoms with Gasteiger partial charge in [-0.2, -0.15) is 0 Å². The van der Waals surface area contributed by atoms with E-state index in [4.69, 9.17) is 4.98 Å². The third kappa shape index (κ3) is 3.35. The van der Waals surface area contributed by atoms with E-state index in [0.717, 1.165) is 33.0 Å². The fourth-order valence-corrected chi connectivity index (χ4v) is 3.58. The molecule has 0 amide bonds. The highest BCUT2D eigenvalue weighted by Crippen LogP contribution is 2.23. The Balaban J connectivity index is 2.29. The molecule has 0 aliphatic heterocycles. The van der Waals surface area contributed by atoms with Crippen LogP contribution < -0.4 is 5.56 Å². The number of rotatable bonds is 4. The van der Waals surface area contributed by atoms with Gasteiger partial charge in [0.25, 0.3) is 5.56 Å². The molecule has 0 N–H and O–H groups in total. The van der Waals surface area contributed by atoms with Crippen molar-refractivity contribution in [2.24, 2.45) is 0 Å². The Morgan fingerprint density at radius 1 is 1.17 bits per heavy atom. The second-order valence-corrected chi connectivity index (χ2v) is 7.36. The fourth-order valence-electron chi connectivity index (χ4n) is 2.35. The number of aryl methyl sites for hydroxylation is 1. The molecule has 5 heteroatoms. The van der Waals surface area contributed by atoms with Crippen LogP contribution in [0.3, 0.4) is 0 Å². The van der Waals surface area contributed by atoms with Crippen LogP contribution in [-0.2, 0) is 0 Å². The molecule has 3 nitrogen and oxygen atoms in total. The first kappa shape index (κ1) is 16.3. The number of benzene rings is 2. The summed E-state index contributed by atoms with van der Waals surface area (Å²) in [4.78, 5) is 17.8. The largest absolute Gasteiger partial charge is 0.268 e. The summed E-state index contributed by atoms with van der Waals surface area (Å²) < 4.78 is 2.60. The van der Waals surface area contributed by atoms with E-state index in [1.807, 2.05) is 49.4 Å². The lowest BCUT2D eigenvalue weighted by Crippen LogP contribution is -2.21. The highest BCUT2D eigenvalue weighted by molar-refractivity contribution is 9.10. The van der Waals surface area contributed by atoms with E-state index in [-0.39, 0.29) is 5.56 Å². The maximum atomic E-state index is 13.0. The average Bonchev–Trinajstić information content (AvgIpc) is 2.55. The Kier molecular flexibility index (Phi) is 4.87. The van der Waals surface area contributed by atoms with E-state index < -0.39 is 0 Å². The Morgan fingerprint density at radius 2 is 1.91 bits per heavy atom. The summed E-state index contributed by atoms with van der Waals surface area (Å²) in [6.45, 7) is 4.16. The van der Waals surface area contributed by atoms with Crippen LogP contribution in [-0.4, -0.2) is 15.3 Å². The van der Waals surface area contributed by atoms with E-state index in [2.05, 4.69) is 22.9 Å². The van der Waals surface area contributed by atoms with E-state index in [1.54, 1.807) is 16.3 Å². The molecule has 3 aromatic rings. The van der Waals surface area contributed by atoms with Crippen molar-refractivity contribution in [3.63, 3.8) is 0 Å². The molecule has 23 heavy (non-hydrogen) atoms. The van der Waals surface area contributed by atoms with Gasteiger partial charge in [0.15, 0.2) is 5.16 Å². The summed E-state index contributed by atoms with van der Waals surface area (Å²) in [6.07, 6.45) is 1.03. The summed E-state index contributed by atoms with van der Waals surface area (Å²) in [6, 6.07) is 13.6. The zero-order valence-corrected chi connectivity index (χ0v) is 15.4. The van der Waals surface area contributed by atoms with Crippen molar-refractivity contribution in [2.45, 2.75) is 25.4 Å². The summed E-state index contributed by atoms with van der Waals surface area (Å²) in [5.41, 5.74) is 2.73.